The molecule has 0 radical (unpaired) electrons. The summed E-state index contributed by atoms with van der Waals surface area (Å²) in [6, 6.07) is 17.6. The predicted octanol–water partition coefficient (Wildman–Crippen LogP) is 2.78. The Morgan fingerprint density at radius 1 is 1.04 bits per heavy atom. The monoisotopic (exact) mass is 373 g/mol. The van der Waals surface area contributed by atoms with E-state index in [0.29, 0.717) is 11.4 Å². The maximum absolute atomic E-state index is 11.5. The van der Waals surface area contributed by atoms with Gasteiger partial charge in [0.1, 0.15) is 0 Å². The molecule has 26 heavy (non-hydrogen) atoms. The van der Waals surface area contributed by atoms with Crippen molar-refractivity contribution in [1.82, 2.24) is 10.6 Å². The summed E-state index contributed by atoms with van der Waals surface area (Å²) >= 11 is 0. The van der Waals surface area contributed by atoms with Crippen molar-refractivity contribution >= 4 is 15.8 Å². The van der Waals surface area contributed by atoms with Gasteiger partial charge in [-0.05, 0) is 43.0 Å². The van der Waals surface area contributed by atoms with Crippen LogP contribution in [0.25, 0.3) is 0 Å². The van der Waals surface area contributed by atoms with Gasteiger partial charge in [0.15, 0.2) is 15.8 Å². The number of benzene rings is 2. The molecule has 2 aromatic carbocycles. The number of hydrogen-bond acceptors (Lipinski definition) is 3. The van der Waals surface area contributed by atoms with Crippen molar-refractivity contribution in [2.75, 3.05) is 13.3 Å². The lowest BCUT2D eigenvalue weighted by Gasteiger charge is -2.18. The van der Waals surface area contributed by atoms with Gasteiger partial charge in [0, 0.05) is 25.9 Å². The van der Waals surface area contributed by atoms with E-state index >= 15 is 0 Å². The maximum Gasteiger partial charge on any atom is 0.191 e. The van der Waals surface area contributed by atoms with Gasteiger partial charge in [0.2, 0.25) is 0 Å². The molecule has 2 rings (SSSR count). The molecule has 2 N–H and O–H groups in total. The highest BCUT2D eigenvalue weighted by atomic mass is 32.2. The van der Waals surface area contributed by atoms with Crippen LogP contribution < -0.4 is 10.6 Å². The van der Waals surface area contributed by atoms with Crippen molar-refractivity contribution in [3.05, 3.63) is 65.7 Å². The lowest BCUT2D eigenvalue weighted by atomic mass is 10.1. The van der Waals surface area contributed by atoms with E-state index in [-0.39, 0.29) is 6.04 Å². The first kappa shape index (κ1) is 20.0. The summed E-state index contributed by atoms with van der Waals surface area (Å²) in [5.74, 6) is 0.734. The number of nitrogens with one attached hydrogen (secondary N) is 2. The van der Waals surface area contributed by atoms with Gasteiger partial charge in [-0.15, -0.1) is 0 Å². The molecule has 2 aromatic rings. The van der Waals surface area contributed by atoms with Crippen LogP contribution >= 0.6 is 0 Å². The quantitative estimate of drug-likeness (QED) is 0.578. The number of aliphatic imine (C=N–C) groups is 1. The highest BCUT2D eigenvalue weighted by Gasteiger charge is 2.08. The van der Waals surface area contributed by atoms with Crippen LogP contribution in [-0.4, -0.2) is 33.7 Å². The molecule has 6 heteroatoms. The van der Waals surface area contributed by atoms with E-state index in [0.717, 1.165) is 24.4 Å². The van der Waals surface area contributed by atoms with Crippen molar-refractivity contribution in [3.8, 4) is 0 Å². The van der Waals surface area contributed by atoms with Crippen molar-refractivity contribution < 1.29 is 8.42 Å². The van der Waals surface area contributed by atoms with E-state index in [1.165, 1.54) is 11.8 Å². The van der Waals surface area contributed by atoms with Gasteiger partial charge in [-0.2, -0.15) is 0 Å². The molecular weight excluding hydrogens is 346 g/mol. The van der Waals surface area contributed by atoms with Gasteiger partial charge < -0.3 is 10.6 Å². The van der Waals surface area contributed by atoms with Gasteiger partial charge in [0.05, 0.1) is 4.90 Å². The Labute approximate surface area is 156 Å². The third-order valence-electron chi connectivity index (χ3n) is 4.13. The molecule has 0 aliphatic carbocycles. The SMILES string of the molecule is CN=C(NCc1ccc(S(C)(=O)=O)cc1)NC(C)CCc1ccccc1. The molecule has 0 amide bonds. The molecule has 0 aliphatic heterocycles. The lowest BCUT2D eigenvalue weighted by Crippen LogP contribution is -2.42. The molecule has 0 bridgehead atoms. The topological polar surface area (TPSA) is 70.6 Å². The van der Waals surface area contributed by atoms with Crippen LogP contribution in [0.3, 0.4) is 0 Å². The summed E-state index contributed by atoms with van der Waals surface area (Å²) in [4.78, 5) is 4.59. The second-order valence-electron chi connectivity index (χ2n) is 6.41. The third kappa shape index (κ3) is 6.52. The molecule has 0 fully saturated rings. The second-order valence-corrected chi connectivity index (χ2v) is 8.43. The standard InChI is InChI=1S/C20H27N3O2S/c1-16(9-10-17-7-5-4-6-8-17)23-20(21-2)22-15-18-11-13-19(14-12-18)26(3,24)25/h4-8,11-14,16H,9-10,15H2,1-3H3,(H2,21,22,23). The maximum atomic E-state index is 11.5. The van der Waals surface area contributed by atoms with Gasteiger partial charge in [0.25, 0.3) is 0 Å². The number of aryl methyl sites for hydroxylation is 1. The van der Waals surface area contributed by atoms with Crippen LogP contribution in [0.15, 0.2) is 64.5 Å². The van der Waals surface area contributed by atoms with Crippen molar-refractivity contribution in [2.45, 2.75) is 37.2 Å². The van der Waals surface area contributed by atoms with Crippen molar-refractivity contribution in [1.29, 1.82) is 0 Å². The molecule has 0 aromatic heterocycles. The summed E-state index contributed by atoms with van der Waals surface area (Å²) < 4.78 is 23.0. The first-order chi connectivity index (χ1) is 12.4. The van der Waals surface area contributed by atoms with Crippen LogP contribution in [-0.2, 0) is 22.8 Å². The molecular formula is C20H27N3O2S. The number of sulfone groups is 1. The Morgan fingerprint density at radius 3 is 2.27 bits per heavy atom. The van der Waals surface area contributed by atoms with Crippen molar-refractivity contribution in [2.24, 2.45) is 4.99 Å². The highest BCUT2D eigenvalue weighted by molar-refractivity contribution is 7.90. The van der Waals surface area contributed by atoms with E-state index < -0.39 is 9.84 Å². The summed E-state index contributed by atoms with van der Waals surface area (Å²) in [6.07, 6.45) is 3.23. The third-order valence-corrected chi connectivity index (χ3v) is 5.26. The van der Waals surface area contributed by atoms with E-state index in [2.05, 4.69) is 46.8 Å². The average molecular weight is 374 g/mol. The molecule has 0 heterocycles. The fraction of sp³-hybridized carbons (Fsp3) is 0.350. The fourth-order valence-corrected chi connectivity index (χ4v) is 3.20. The first-order valence-corrected chi connectivity index (χ1v) is 10.6. The second kappa shape index (κ2) is 9.38. The zero-order valence-electron chi connectivity index (χ0n) is 15.6. The van der Waals surface area contributed by atoms with Crippen LogP contribution in [0.1, 0.15) is 24.5 Å². The normalized spacial score (nSPS) is 13.3. The predicted molar refractivity (Wildman–Crippen MR) is 107 cm³/mol. The smallest absolute Gasteiger partial charge is 0.191 e. The Kier molecular flexibility index (Phi) is 7.21. The van der Waals surface area contributed by atoms with Crippen LogP contribution in [0, 0.1) is 0 Å². The van der Waals surface area contributed by atoms with E-state index in [9.17, 15) is 8.42 Å². The van der Waals surface area contributed by atoms with E-state index in [1.54, 1.807) is 19.2 Å². The van der Waals surface area contributed by atoms with Crippen LogP contribution in [0.2, 0.25) is 0 Å². The number of nitrogens with zero attached hydrogens (tertiary/aromatic N) is 1. The molecule has 0 saturated carbocycles. The van der Waals surface area contributed by atoms with Gasteiger partial charge in [-0.25, -0.2) is 8.42 Å². The molecule has 140 valence electrons. The molecule has 0 spiro atoms. The number of guanidine groups is 1. The highest BCUT2D eigenvalue weighted by Crippen LogP contribution is 2.10. The minimum Gasteiger partial charge on any atom is -0.354 e. The van der Waals surface area contributed by atoms with Gasteiger partial charge in [-0.3, -0.25) is 4.99 Å². The lowest BCUT2D eigenvalue weighted by molar-refractivity contribution is 0.593. The minimum absolute atomic E-state index is 0.286. The van der Waals surface area contributed by atoms with E-state index in [1.807, 2.05) is 18.2 Å². The Morgan fingerprint density at radius 2 is 1.69 bits per heavy atom. The Hall–Kier alpha value is -2.34. The van der Waals surface area contributed by atoms with Crippen LogP contribution in [0.5, 0.6) is 0 Å². The summed E-state index contributed by atoms with van der Waals surface area (Å²) in [7, 11) is -1.42. The summed E-state index contributed by atoms with van der Waals surface area (Å²) in [5.41, 5.74) is 2.33. The zero-order valence-corrected chi connectivity index (χ0v) is 16.4. The Balaban J connectivity index is 1.81. The van der Waals surface area contributed by atoms with Gasteiger partial charge in [-0.1, -0.05) is 42.5 Å². The van der Waals surface area contributed by atoms with Crippen molar-refractivity contribution in [3.63, 3.8) is 0 Å². The minimum atomic E-state index is -3.16. The molecule has 1 unspecified atom stereocenters. The number of rotatable bonds is 7. The fourth-order valence-electron chi connectivity index (χ4n) is 2.57. The largest absolute Gasteiger partial charge is 0.354 e. The molecule has 1 atom stereocenters. The summed E-state index contributed by atoms with van der Waals surface area (Å²) in [5, 5.41) is 6.65. The van der Waals surface area contributed by atoms with Gasteiger partial charge >= 0.3 is 0 Å². The molecule has 0 saturated heterocycles. The van der Waals surface area contributed by atoms with E-state index in [4.69, 9.17) is 0 Å². The average Bonchev–Trinajstić information content (AvgIpc) is 2.64. The number of hydrogen-bond donors (Lipinski definition) is 2. The molecule has 5 nitrogen and oxygen atoms in total. The zero-order chi connectivity index (χ0) is 19.0. The van der Waals surface area contributed by atoms with Crippen LogP contribution in [0.4, 0.5) is 0 Å². The first-order valence-electron chi connectivity index (χ1n) is 8.68. The Bertz CT molecular complexity index is 816. The molecule has 0 aliphatic rings. The summed E-state index contributed by atoms with van der Waals surface area (Å²) in [6.45, 7) is 2.71.